The molecule has 9 heteroatoms. The first-order valence-corrected chi connectivity index (χ1v) is 13.3. The van der Waals surface area contributed by atoms with Crippen molar-refractivity contribution in [3.63, 3.8) is 0 Å². The van der Waals surface area contributed by atoms with Crippen LogP contribution in [0.15, 0.2) is 54.7 Å². The number of fused-ring (bicyclic) bond motifs is 1. The van der Waals surface area contributed by atoms with Crippen LogP contribution >= 0.6 is 11.3 Å². The van der Waals surface area contributed by atoms with Gasteiger partial charge in [0.1, 0.15) is 11.5 Å². The van der Waals surface area contributed by atoms with Crippen LogP contribution in [0.25, 0.3) is 32.2 Å². The van der Waals surface area contributed by atoms with Crippen molar-refractivity contribution in [3.8, 4) is 22.6 Å². The predicted octanol–water partition coefficient (Wildman–Crippen LogP) is 5.32. The molecule has 0 spiro atoms. The summed E-state index contributed by atoms with van der Waals surface area (Å²) in [7, 11) is 1.61. The van der Waals surface area contributed by atoms with Crippen molar-refractivity contribution in [2.45, 2.75) is 26.3 Å². The number of hydrogen-bond donors (Lipinski definition) is 2. The molecular formula is C30H25N3O5S. The highest BCUT2D eigenvalue weighted by Crippen LogP contribution is 2.43. The molecule has 0 saturated carbocycles. The Kier molecular flexibility index (Phi) is 6.36. The van der Waals surface area contributed by atoms with Crippen molar-refractivity contribution in [1.82, 2.24) is 15.3 Å². The molecule has 196 valence electrons. The van der Waals surface area contributed by atoms with E-state index in [0.29, 0.717) is 29.2 Å². The summed E-state index contributed by atoms with van der Waals surface area (Å²) in [5.74, 6) is 0.296. The van der Waals surface area contributed by atoms with Crippen LogP contribution in [-0.2, 0) is 24.2 Å². The SMILES string of the molecule is COc1ccc(CNC(=O)c2nc3cc(C)c(CC(=O)O)c(-c4ccc5c6c(ccnc46)CCO5)c3s2)cc1. The number of carboxylic acid groups (broad SMARTS) is 1. The van der Waals surface area contributed by atoms with E-state index in [1.165, 1.54) is 11.3 Å². The minimum absolute atomic E-state index is 0.159. The molecule has 2 aromatic heterocycles. The number of carbonyl (C=O) groups is 2. The van der Waals surface area contributed by atoms with Gasteiger partial charge in [0.15, 0.2) is 5.01 Å². The van der Waals surface area contributed by atoms with E-state index in [2.05, 4.69) is 10.3 Å². The minimum atomic E-state index is -0.931. The van der Waals surface area contributed by atoms with Crippen molar-refractivity contribution < 1.29 is 24.2 Å². The van der Waals surface area contributed by atoms with Crippen molar-refractivity contribution in [1.29, 1.82) is 0 Å². The standard InChI is InChI=1S/C30H25N3O5S/c1-16-13-22-28(39-30(33-22)29(36)32-15-17-3-5-19(37-2)6-4-17)26(21(16)14-24(34)35)20-7-8-23-25-18(10-12-38-23)9-11-31-27(20)25/h3-9,11,13H,10,12,14-15H2,1-2H3,(H,32,36)(H,34,35). The number of nitrogens with zero attached hydrogens (tertiary/aromatic N) is 2. The van der Waals surface area contributed by atoms with Crippen LogP contribution in [0.3, 0.4) is 0 Å². The van der Waals surface area contributed by atoms with Crippen molar-refractivity contribution >= 4 is 44.3 Å². The zero-order valence-electron chi connectivity index (χ0n) is 21.4. The molecule has 1 amide bonds. The first-order chi connectivity index (χ1) is 18.9. The zero-order valence-corrected chi connectivity index (χ0v) is 22.2. The van der Waals surface area contributed by atoms with Gasteiger partial charge in [-0.25, -0.2) is 4.98 Å². The second kappa shape index (κ2) is 9.99. The molecule has 8 nitrogen and oxygen atoms in total. The summed E-state index contributed by atoms with van der Waals surface area (Å²) in [6, 6.07) is 15.2. The molecule has 1 aliphatic rings. The molecule has 0 radical (unpaired) electrons. The number of thiazole rings is 1. The maximum absolute atomic E-state index is 13.1. The van der Waals surface area contributed by atoms with Gasteiger partial charge in [-0.05, 0) is 65.6 Å². The van der Waals surface area contributed by atoms with Gasteiger partial charge in [-0.2, -0.15) is 0 Å². The van der Waals surface area contributed by atoms with Gasteiger partial charge in [0.25, 0.3) is 5.91 Å². The normalized spacial score (nSPS) is 12.4. The molecule has 0 bridgehead atoms. The number of nitrogens with one attached hydrogen (secondary N) is 1. The average molecular weight is 540 g/mol. The summed E-state index contributed by atoms with van der Waals surface area (Å²) in [5.41, 5.74) is 6.52. The highest BCUT2D eigenvalue weighted by atomic mass is 32.1. The molecule has 5 aromatic rings. The first-order valence-electron chi connectivity index (χ1n) is 12.5. The summed E-state index contributed by atoms with van der Waals surface area (Å²) in [5, 5.41) is 14.0. The van der Waals surface area contributed by atoms with E-state index >= 15 is 0 Å². The number of carboxylic acids is 1. The summed E-state index contributed by atoms with van der Waals surface area (Å²) in [6.07, 6.45) is 2.40. The van der Waals surface area contributed by atoms with Gasteiger partial charge in [-0.15, -0.1) is 11.3 Å². The summed E-state index contributed by atoms with van der Waals surface area (Å²) in [6.45, 7) is 2.83. The van der Waals surface area contributed by atoms with Gasteiger partial charge in [0, 0.05) is 35.7 Å². The number of methoxy groups -OCH3 is 1. The third-order valence-electron chi connectivity index (χ3n) is 6.98. The highest BCUT2D eigenvalue weighted by molar-refractivity contribution is 7.20. The van der Waals surface area contributed by atoms with E-state index in [1.807, 2.05) is 55.5 Å². The topological polar surface area (TPSA) is 111 Å². The van der Waals surface area contributed by atoms with Crippen LogP contribution in [-0.4, -0.2) is 40.7 Å². The number of ether oxygens (including phenoxy) is 2. The number of rotatable bonds is 7. The first kappa shape index (κ1) is 24.8. The fraction of sp³-hybridized carbons (Fsp3) is 0.200. The Hall–Kier alpha value is -4.50. The summed E-state index contributed by atoms with van der Waals surface area (Å²) in [4.78, 5) is 34.4. The maximum atomic E-state index is 13.1. The monoisotopic (exact) mass is 539 g/mol. The Balaban J connectivity index is 1.46. The Labute approximate surface area is 228 Å². The lowest BCUT2D eigenvalue weighted by molar-refractivity contribution is -0.136. The van der Waals surface area contributed by atoms with E-state index in [9.17, 15) is 14.7 Å². The lowest BCUT2D eigenvalue weighted by Crippen LogP contribution is -2.22. The van der Waals surface area contributed by atoms with Crippen LogP contribution < -0.4 is 14.8 Å². The molecule has 2 N–H and O–H groups in total. The number of hydrogen-bond acceptors (Lipinski definition) is 7. The lowest BCUT2D eigenvalue weighted by atomic mass is 9.90. The van der Waals surface area contributed by atoms with E-state index in [1.54, 1.807) is 13.3 Å². The van der Waals surface area contributed by atoms with Crippen LogP contribution in [0.4, 0.5) is 0 Å². The minimum Gasteiger partial charge on any atom is -0.497 e. The lowest BCUT2D eigenvalue weighted by Gasteiger charge is -2.21. The molecule has 3 aromatic carbocycles. The number of amides is 1. The van der Waals surface area contributed by atoms with Crippen LogP contribution in [0.1, 0.15) is 32.1 Å². The molecule has 0 saturated heterocycles. The summed E-state index contributed by atoms with van der Waals surface area (Å²) >= 11 is 1.26. The Morgan fingerprint density at radius 2 is 1.97 bits per heavy atom. The fourth-order valence-corrected chi connectivity index (χ4v) is 6.15. The molecule has 0 fully saturated rings. The van der Waals surface area contributed by atoms with E-state index in [0.717, 1.165) is 61.3 Å². The molecular weight excluding hydrogens is 514 g/mol. The zero-order chi connectivity index (χ0) is 27.1. The van der Waals surface area contributed by atoms with Gasteiger partial charge >= 0.3 is 5.97 Å². The smallest absolute Gasteiger partial charge is 0.307 e. The second-order valence-corrected chi connectivity index (χ2v) is 10.4. The van der Waals surface area contributed by atoms with E-state index < -0.39 is 5.97 Å². The number of aromatic nitrogens is 2. The average Bonchev–Trinajstić information content (AvgIpc) is 3.37. The number of pyridine rings is 1. The molecule has 0 unspecified atom stereocenters. The van der Waals surface area contributed by atoms with Gasteiger partial charge in [0.05, 0.1) is 35.9 Å². The Morgan fingerprint density at radius 1 is 1.15 bits per heavy atom. The van der Waals surface area contributed by atoms with E-state index in [4.69, 9.17) is 14.5 Å². The van der Waals surface area contributed by atoms with Crippen LogP contribution in [0.2, 0.25) is 0 Å². The quantitative estimate of drug-likeness (QED) is 0.288. The molecule has 1 aliphatic heterocycles. The molecule has 0 aliphatic carbocycles. The Bertz CT molecular complexity index is 1750. The number of aryl methyl sites for hydroxylation is 1. The van der Waals surface area contributed by atoms with Crippen molar-refractivity contribution in [3.05, 3.63) is 82.0 Å². The summed E-state index contributed by atoms with van der Waals surface area (Å²) < 4.78 is 11.9. The predicted molar refractivity (Wildman–Crippen MR) is 150 cm³/mol. The van der Waals surface area contributed by atoms with Gasteiger partial charge in [-0.1, -0.05) is 12.1 Å². The van der Waals surface area contributed by atoms with Crippen molar-refractivity contribution in [2.75, 3.05) is 13.7 Å². The van der Waals surface area contributed by atoms with Crippen LogP contribution in [0.5, 0.6) is 11.5 Å². The molecule has 0 atom stereocenters. The van der Waals surface area contributed by atoms with Gasteiger partial charge < -0.3 is 19.9 Å². The Morgan fingerprint density at radius 3 is 2.74 bits per heavy atom. The van der Waals surface area contributed by atoms with Crippen LogP contribution in [0, 0.1) is 6.92 Å². The van der Waals surface area contributed by atoms with E-state index in [-0.39, 0.29) is 12.3 Å². The van der Waals surface area contributed by atoms with Gasteiger partial charge in [-0.3, -0.25) is 14.6 Å². The third kappa shape index (κ3) is 4.55. The highest BCUT2D eigenvalue weighted by Gasteiger charge is 2.24. The third-order valence-corrected chi connectivity index (χ3v) is 8.07. The second-order valence-electron chi connectivity index (χ2n) is 9.42. The fourth-order valence-electron chi connectivity index (χ4n) is 5.10. The number of aliphatic carboxylic acids is 1. The number of carbonyl (C=O) groups excluding carboxylic acids is 1. The maximum Gasteiger partial charge on any atom is 0.307 e. The molecule has 6 rings (SSSR count). The molecule has 3 heterocycles. The van der Waals surface area contributed by atoms with Gasteiger partial charge in [0.2, 0.25) is 0 Å². The molecule has 39 heavy (non-hydrogen) atoms. The number of benzene rings is 3. The largest absolute Gasteiger partial charge is 0.497 e. The van der Waals surface area contributed by atoms with Crippen molar-refractivity contribution in [2.24, 2.45) is 0 Å².